The fourth-order valence-corrected chi connectivity index (χ4v) is 3.00. The summed E-state index contributed by atoms with van der Waals surface area (Å²) in [5, 5.41) is 23.0. The van der Waals surface area contributed by atoms with Gasteiger partial charge in [-0.25, -0.2) is 4.79 Å². The van der Waals surface area contributed by atoms with Gasteiger partial charge in [0.25, 0.3) is 11.6 Å². The molecule has 0 N–H and O–H groups in total. The lowest BCUT2D eigenvalue weighted by molar-refractivity contribution is -0.384. The molecule has 0 saturated heterocycles. The number of esters is 1. The number of nitrogens with zero attached hydrogens (tertiary/aromatic N) is 5. The molecule has 2 aromatic carbocycles. The molecule has 10 nitrogen and oxygen atoms in total. The Kier molecular flexibility index (Phi) is 5.27. The van der Waals surface area contributed by atoms with Crippen molar-refractivity contribution in [2.45, 2.75) is 13.5 Å². The van der Waals surface area contributed by atoms with Crippen LogP contribution in [0.5, 0.6) is 0 Å². The highest BCUT2D eigenvalue weighted by Crippen LogP contribution is 2.25. The molecule has 0 radical (unpaired) electrons. The molecule has 4 aromatic rings. The first kappa shape index (κ1) is 20.0. The first-order chi connectivity index (χ1) is 14.9. The van der Waals surface area contributed by atoms with Crippen molar-refractivity contribution in [2.24, 2.45) is 7.05 Å². The maximum Gasteiger partial charge on any atom is 0.342 e. The van der Waals surface area contributed by atoms with Gasteiger partial charge in [-0.05, 0) is 31.2 Å². The topological polar surface area (TPSA) is 126 Å². The first-order valence-electron chi connectivity index (χ1n) is 9.26. The van der Waals surface area contributed by atoms with Crippen molar-refractivity contribution in [2.75, 3.05) is 0 Å². The first-order valence-corrected chi connectivity index (χ1v) is 9.26. The number of carbonyl (C=O) groups is 1. The van der Waals surface area contributed by atoms with E-state index in [1.807, 2.05) is 31.2 Å². The van der Waals surface area contributed by atoms with Crippen LogP contribution < -0.4 is 0 Å². The van der Waals surface area contributed by atoms with Crippen LogP contribution in [-0.4, -0.2) is 30.9 Å². The largest absolute Gasteiger partial charge is 0.452 e. The van der Waals surface area contributed by atoms with Crippen LogP contribution in [0.15, 0.2) is 59.1 Å². The molecule has 0 atom stereocenters. The Labute approximate surface area is 176 Å². The fourth-order valence-electron chi connectivity index (χ4n) is 3.00. The molecule has 2 aromatic heterocycles. The summed E-state index contributed by atoms with van der Waals surface area (Å²) in [5.74, 6) is -0.134. The van der Waals surface area contributed by atoms with Gasteiger partial charge in [0.05, 0.1) is 4.92 Å². The Hall–Kier alpha value is -4.34. The van der Waals surface area contributed by atoms with E-state index in [1.54, 1.807) is 7.05 Å². The zero-order valence-electron chi connectivity index (χ0n) is 16.7. The summed E-state index contributed by atoms with van der Waals surface area (Å²) in [5.41, 5.74) is 2.90. The van der Waals surface area contributed by atoms with Crippen molar-refractivity contribution in [1.29, 1.82) is 0 Å². The number of hydrogen-bond donors (Lipinski definition) is 0. The van der Waals surface area contributed by atoms with Crippen LogP contribution in [0.2, 0.25) is 0 Å². The second-order valence-electron chi connectivity index (χ2n) is 6.82. The Morgan fingerprint density at radius 2 is 1.94 bits per heavy atom. The predicted octanol–water partition coefficient (Wildman–Crippen LogP) is 3.71. The Morgan fingerprint density at radius 1 is 1.16 bits per heavy atom. The molecule has 0 unspecified atom stereocenters. The van der Waals surface area contributed by atoms with Crippen LogP contribution in [0, 0.1) is 17.0 Å². The van der Waals surface area contributed by atoms with Crippen molar-refractivity contribution in [1.82, 2.24) is 20.0 Å². The van der Waals surface area contributed by atoms with E-state index in [4.69, 9.17) is 9.15 Å². The molecular formula is C21H17N5O5. The third-order valence-corrected chi connectivity index (χ3v) is 4.46. The monoisotopic (exact) mass is 419 g/mol. The number of aryl methyl sites for hydroxylation is 2. The zero-order chi connectivity index (χ0) is 22.0. The number of benzene rings is 2. The summed E-state index contributed by atoms with van der Waals surface area (Å²) < 4.78 is 12.4. The average molecular weight is 419 g/mol. The summed E-state index contributed by atoms with van der Waals surface area (Å²) in [4.78, 5) is 23.0. The quantitative estimate of drug-likeness (QED) is 0.263. The number of rotatable bonds is 6. The Morgan fingerprint density at radius 3 is 2.65 bits per heavy atom. The molecule has 0 saturated carbocycles. The zero-order valence-corrected chi connectivity index (χ0v) is 16.7. The van der Waals surface area contributed by atoms with Gasteiger partial charge in [-0.3, -0.25) is 14.8 Å². The van der Waals surface area contributed by atoms with Gasteiger partial charge in [0, 0.05) is 36.5 Å². The van der Waals surface area contributed by atoms with E-state index < -0.39 is 10.9 Å². The van der Waals surface area contributed by atoms with Gasteiger partial charge in [0.2, 0.25) is 5.89 Å². The molecule has 0 aliphatic carbocycles. The van der Waals surface area contributed by atoms with E-state index >= 15 is 0 Å². The SMILES string of the molecule is Cc1cccc(-c2nnc(COC(=O)c3cn(C)nc3-c3ccc([N+](=O)[O-])cc3)o2)c1. The summed E-state index contributed by atoms with van der Waals surface area (Å²) >= 11 is 0. The summed E-state index contributed by atoms with van der Waals surface area (Å²) in [6.45, 7) is 1.76. The van der Waals surface area contributed by atoms with E-state index in [0.29, 0.717) is 17.1 Å². The Balaban J connectivity index is 1.49. The van der Waals surface area contributed by atoms with Crippen molar-refractivity contribution in [3.05, 3.63) is 81.9 Å². The number of nitro benzene ring substituents is 1. The minimum Gasteiger partial charge on any atom is -0.452 e. The maximum atomic E-state index is 12.6. The van der Waals surface area contributed by atoms with Gasteiger partial charge in [-0.2, -0.15) is 5.10 Å². The number of hydrogen-bond acceptors (Lipinski definition) is 8. The Bertz CT molecular complexity index is 1260. The molecule has 156 valence electrons. The van der Waals surface area contributed by atoms with Crippen LogP contribution >= 0.6 is 0 Å². The minimum absolute atomic E-state index is 0.0513. The number of nitro groups is 1. The van der Waals surface area contributed by atoms with E-state index in [1.165, 1.54) is 35.1 Å². The summed E-state index contributed by atoms with van der Waals surface area (Å²) in [7, 11) is 1.66. The summed E-state index contributed by atoms with van der Waals surface area (Å²) in [6, 6.07) is 13.4. The van der Waals surface area contributed by atoms with Gasteiger partial charge in [-0.1, -0.05) is 17.7 Å². The van der Waals surface area contributed by atoms with Crippen LogP contribution in [0.1, 0.15) is 21.8 Å². The fraction of sp³-hybridized carbons (Fsp3) is 0.143. The summed E-state index contributed by atoms with van der Waals surface area (Å²) in [6.07, 6.45) is 1.52. The predicted molar refractivity (Wildman–Crippen MR) is 109 cm³/mol. The highest BCUT2D eigenvalue weighted by Gasteiger charge is 2.20. The minimum atomic E-state index is -0.628. The number of aromatic nitrogens is 4. The number of ether oxygens (including phenoxy) is 1. The lowest BCUT2D eigenvalue weighted by atomic mass is 10.1. The van der Waals surface area contributed by atoms with Gasteiger partial charge < -0.3 is 9.15 Å². The van der Waals surface area contributed by atoms with Crippen LogP contribution in [0.25, 0.3) is 22.7 Å². The molecule has 0 bridgehead atoms. The molecule has 31 heavy (non-hydrogen) atoms. The highest BCUT2D eigenvalue weighted by atomic mass is 16.6. The van der Waals surface area contributed by atoms with Gasteiger partial charge in [-0.15, -0.1) is 10.2 Å². The van der Waals surface area contributed by atoms with E-state index in [0.717, 1.165) is 11.1 Å². The molecule has 0 aliphatic heterocycles. The maximum absolute atomic E-state index is 12.6. The lowest BCUT2D eigenvalue weighted by Gasteiger charge is -2.03. The average Bonchev–Trinajstić information content (AvgIpc) is 3.39. The van der Waals surface area contributed by atoms with Crippen molar-refractivity contribution < 1.29 is 18.9 Å². The van der Waals surface area contributed by atoms with Crippen molar-refractivity contribution in [3.63, 3.8) is 0 Å². The molecule has 2 heterocycles. The molecule has 0 spiro atoms. The molecule has 10 heteroatoms. The molecule has 0 amide bonds. The van der Waals surface area contributed by atoms with Gasteiger partial charge in [0.15, 0.2) is 6.61 Å². The standard InChI is InChI=1S/C21H17N5O5/c1-13-4-3-5-15(10-13)20-23-22-18(31-20)12-30-21(27)17-11-25(2)24-19(17)14-6-8-16(9-7-14)26(28)29/h3-11H,12H2,1-2H3. The normalized spacial score (nSPS) is 10.8. The van der Waals surface area contributed by atoms with Crippen LogP contribution in [0.3, 0.4) is 0 Å². The molecule has 4 rings (SSSR count). The molecular weight excluding hydrogens is 402 g/mol. The van der Waals surface area contributed by atoms with Crippen molar-refractivity contribution >= 4 is 11.7 Å². The van der Waals surface area contributed by atoms with E-state index in [2.05, 4.69) is 15.3 Å². The van der Waals surface area contributed by atoms with Crippen LogP contribution in [0.4, 0.5) is 5.69 Å². The van der Waals surface area contributed by atoms with Gasteiger partial charge in [0.1, 0.15) is 11.3 Å². The van der Waals surface area contributed by atoms with Crippen molar-refractivity contribution in [3.8, 4) is 22.7 Å². The molecule has 0 aliphatic rings. The third-order valence-electron chi connectivity index (χ3n) is 4.46. The number of carbonyl (C=O) groups excluding carboxylic acids is 1. The van der Waals surface area contributed by atoms with E-state index in [-0.39, 0.29) is 23.7 Å². The number of non-ortho nitro benzene ring substituents is 1. The lowest BCUT2D eigenvalue weighted by Crippen LogP contribution is -2.06. The van der Waals surface area contributed by atoms with Crippen LogP contribution in [-0.2, 0) is 18.4 Å². The second-order valence-corrected chi connectivity index (χ2v) is 6.82. The second kappa shape index (κ2) is 8.19. The van der Waals surface area contributed by atoms with Gasteiger partial charge >= 0.3 is 5.97 Å². The third kappa shape index (κ3) is 4.32. The highest BCUT2D eigenvalue weighted by molar-refractivity contribution is 5.96. The molecule has 0 fully saturated rings. The van der Waals surface area contributed by atoms with E-state index in [9.17, 15) is 14.9 Å². The smallest absolute Gasteiger partial charge is 0.342 e.